The summed E-state index contributed by atoms with van der Waals surface area (Å²) in [7, 11) is 0. The van der Waals surface area contributed by atoms with Gasteiger partial charge in [-0.3, -0.25) is 10.3 Å². The number of aliphatic hydroxyl groups is 1. The molecule has 0 bridgehead atoms. The normalized spacial score (nSPS) is 19.4. The number of hydrogen-bond donors (Lipinski definition) is 2. The highest BCUT2D eigenvalue weighted by Crippen LogP contribution is 2.30. The lowest BCUT2D eigenvalue weighted by Gasteiger charge is -2.29. The molecule has 1 aliphatic rings. The maximum absolute atomic E-state index is 9.68. The summed E-state index contributed by atoms with van der Waals surface area (Å²) < 4.78 is 0. The van der Waals surface area contributed by atoms with Gasteiger partial charge in [-0.25, -0.2) is 0 Å². The molecule has 0 saturated carbocycles. The topological polar surface area (TPSA) is 45.1 Å². The Hall–Kier alpha value is -1.71. The van der Waals surface area contributed by atoms with Gasteiger partial charge >= 0.3 is 0 Å². The van der Waals surface area contributed by atoms with Gasteiger partial charge in [0.15, 0.2) is 0 Å². The molecule has 2 unspecified atom stereocenters. The number of hydrogen-bond acceptors (Lipinski definition) is 3. The minimum atomic E-state index is -0.0332. The minimum Gasteiger partial charge on any atom is -0.394 e. The molecule has 1 heterocycles. The summed E-state index contributed by atoms with van der Waals surface area (Å²) >= 11 is 0. The Balaban J connectivity index is 1.81. The molecular weight excluding hydrogens is 248 g/mol. The van der Waals surface area contributed by atoms with Gasteiger partial charge in [-0.1, -0.05) is 36.4 Å². The van der Waals surface area contributed by atoms with Crippen molar-refractivity contribution in [3.05, 3.63) is 65.5 Å². The van der Waals surface area contributed by atoms with E-state index in [1.54, 1.807) is 0 Å². The predicted octanol–water partition coefficient (Wildman–Crippen LogP) is 2.78. The maximum atomic E-state index is 9.68. The summed E-state index contributed by atoms with van der Waals surface area (Å²) in [4.78, 5) is 4.54. The number of fused-ring (bicyclic) bond motifs is 1. The van der Waals surface area contributed by atoms with Crippen molar-refractivity contribution in [1.29, 1.82) is 0 Å². The van der Waals surface area contributed by atoms with Gasteiger partial charge in [-0.2, -0.15) is 0 Å². The second kappa shape index (κ2) is 6.16. The second-order valence-electron chi connectivity index (χ2n) is 5.31. The molecule has 0 radical (unpaired) electrons. The van der Waals surface area contributed by atoms with E-state index in [9.17, 15) is 5.11 Å². The van der Waals surface area contributed by atoms with Crippen molar-refractivity contribution in [1.82, 2.24) is 10.3 Å². The zero-order valence-electron chi connectivity index (χ0n) is 11.5. The average molecular weight is 268 g/mol. The third-order valence-electron chi connectivity index (χ3n) is 3.98. The van der Waals surface area contributed by atoms with E-state index in [4.69, 9.17) is 0 Å². The van der Waals surface area contributed by atoms with Crippen molar-refractivity contribution in [2.24, 2.45) is 0 Å². The third kappa shape index (κ3) is 2.74. The first kappa shape index (κ1) is 13.3. The molecule has 1 aromatic carbocycles. The lowest BCUT2D eigenvalue weighted by molar-refractivity contribution is 0.227. The van der Waals surface area contributed by atoms with Gasteiger partial charge in [0.05, 0.1) is 24.4 Å². The Labute approximate surface area is 119 Å². The smallest absolute Gasteiger partial charge is 0.0626 e. The molecule has 0 spiro atoms. The first-order valence-electron chi connectivity index (χ1n) is 7.24. The molecule has 3 rings (SSSR count). The van der Waals surface area contributed by atoms with Crippen LogP contribution in [-0.2, 0) is 6.42 Å². The van der Waals surface area contributed by atoms with Gasteiger partial charge in [0.25, 0.3) is 0 Å². The van der Waals surface area contributed by atoms with Crippen LogP contribution in [0.2, 0.25) is 0 Å². The molecule has 3 nitrogen and oxygen atoms in total. The van der Waals surface area contributed by atoms with Crippen LogP contribution in [0.1, 0.15) is 41.7 Å². The van der Waals surface area contributed by atoms with Crippen molar-refractivity contribution in [3.63, 3.8) is 0 Å². The largest absolute Gasteiger partial charge is 0.394 e. The summed E-state index contributed by atoms with van der Waals surface area (Å²) in [6.45, 7) is 0.0999. The summed E-state index contributed by atoms with van der Waals surface area (Å²) in [5.74, 6) is 0. The van der Waals surface area contributed by atoms with Crippen molar-refractivity contribution < 1.29 is 5.11 Å². The van der Waals surface area contributed by atoms with Gasteiger partial charge in [0.2, 0.25) is 0 Å². The molecule has 1 aromatic heterocycles. The van der Waals surface area contributed by atoms with Crippen LogP contribution in [-0.4, -0.2) is 16.7 Å². The Morgan fingerprint density at radius 3 is 2.85 bits per heavy atom. The molecule has 2 atom stereocenters. The second-order valence-corrected chi connectivity index (χ2v) is 5.31. The lowest BCUT2D eigenvalue weighted by atomic mass is 9.91. The number of aryl methyl sites for hydroxylation is 1. The van der Waals surface area contributed by atoms with Gasteiger partial charge < -0.3 is 5.11 Å². The summed E-state index contributed by atoms with van der Waals surface area (Å²) in [6, 6.07) is 14.5. The number of nitrogens with zero attached hydrogens (tertiary/aromatic N) is 1. The summed E-state index contributed by atoms with van der Waals surface area (Å²) in [5.41, 5.74) is 3.60. The minimum absolute atomic E-state index is 0.0332. The number of nitrogens with one attached hydrogen (secondary N) is 1. The van der Waals surface area contributed by atoms with E-state index in [-0.39, 0.29) is 18.7 Å². The molecule has 0 amide bonds. The Morgan fingerprint density at radius 2 is 2.05 bits per heavy atom. The van der Waals surface area contributed by atoms with E-state index in [0.29, 0.717) is 0 Å². The fourth-order valence-electron chi connectivity index (χ4n) is 2.95. The Kier molecular flexibility index (Phi) is 4.09. The van der Waals surface area contributed by atoms with Gasteiger partial charge in [0.1, 0.15) is 0 Å². The third-order valence-corrected chi connectivity index (χ3v) is 3.98. The number of aromatic nitrogens is 1. The average Bonchev–Trinajstić information content (AvgIpc) is 2.53. The van der Waals surface area contributed by atoms with E-state index in [2.05, 4.69) is 28.5 Å². The SMILES string of the molecule is OCC(NC1CCCc2cccnc21)c1ccccc1. The van der Waals surface area contributed by atoms with Crippen LogP contribution in [0, 0.1) is 0 Å². The Bertz CT molecular complexity index is 556. The zero-order chi connectivity index (χ0) is 13.8. The van der Waals surface area contributed by atoms with Gasteiger partial charge in [0, 0.05) is 6.20 Å². The maximum Gasteiger partial charge on any atom is 0.0626 e. The quantitative estimate of drug-likeness (QED) is 0.896. The van der Waals surface area contributed by atoms with Crippen LogP contribution < -0.4 is 5.32 Å². The molecule has 20 heavy (non-hydrogen) atoms. The van der Waals surface area contributed by atoms with Crippen LogP contribution in [0.15, 0.2) is 48.7 Å². The molecule has 3 heteroatoms. The van der Waals surface area contributed by atoms with E-state index in [1.807, 2.05) is 30.5 Å². The highest BCUT2D eigenvalue weighted by Gasteiger charge is 2.24. The first-order chi connectivity index (χ1) is 9.88. The van der Waals surface area contributed by atoms with Crippen molar-refractivity contribution in [2.45, 2.75) is 31.3 Å². The van der Waals surface area contributed by atoms with Crippen molar-refractivity contribution in [2.75, 3.05) is 6.61 Å². The lowest BCUT2D eigenvalue weighted by Crippen LogP contribution is -2.31. The van der Waals surface area contributed by atoms with Crippen molar-refractivity contribution in [3.8, 4) is 0 Å². The monoisotopic (exact) mass is 268 g/mol. The molecule has 2 aromatic rings. The van der Waals surface area contributed by atoms with Gasteiger partial charge in [-0.15, -0.1) is 0 Å². The predicted molar refractivity (Wildman–Crippen MR) is 79.3 cm³/mol. The molecule has 0 saturated heterocycles. The molecular formula is C17H20N2O. The number of benzene rings is 1. The molecule has 0 aliphatic heterocycles. The van der Waals surface area contributed by atoms with Crippen molar-refractivity contribution >= 4 is 0 Å². The standard InChI is InChI=1S/C17H20N2O/c20-12-16(13-6-2-1-3-7-13)19-15-10-4-8-14-9-5-11-18-17(14)15/h1-3,5-7,9,11,15-16,19-20H,4,8,10,12H2. The zero-order valence-corrected chi connectivity index (χ0v) is 11.5. The number of rotatable bonds is 4. The van der Waals surface area contributed by atoms with Crippen LogP contribution in [0.3, 0.4) is 0 Å². The Morgan fingerprint density at radius 1 is 1.20 bits per heavy atom. The van der Waals surface area contributed by atoms with Gasteiger partial charge in [-0.05, 0) is 36.5 Å². The fraction of sp³-hybridized carbons (Fsp3) is 0.353. The summed E-state index contributed by atoms with van der Waals surface area (Å²) in [6.07, 6.45) is 5.21. The van der Waals surface area contributed by atoms with E-state index < -0.39 is 0 Å². The molecule has 1 aliphatic carbocycles. The van der Waals surface area contributed by atoms with E-state index in [1.165, 1.54) is 12.0 Å². The first-order valence-corrected chi connectivity index (χ1v) is 7.24. The number of aliphatic hydroxyl groups excluding tert-OH is 1. The molecule has 0 fully saturated rings. The van der Waals surface area contributed by atoms with Crippen LogP contribution >= 0.6 is 0 Å². The van der Waals surface area contributed by atoms with E-state index >= 15 is 0 Å². The number of pyridine rings is 1. The molecule has 104 valence electrons. The van der Waals surface area contributed by atoms with Crippen LogP contribution in [0.5, 0.6) is 0 Å². The highest BCUT2D eigenvalue weighted by molar-refractivity contribution is 5.26. The molecule has 2 N–H and O–H groups in total. The summed E-state index contributed by atoms with van der Waals surface area (Å²) in [5, 5.41) is 13.2. The highest BCUT2D eigenvalue weighted by atomic mass is 16.3. The van der Waals surface area contributed by atoms with Crippen LogP contribution in [0.25, 0.3) is 0 Å². The van der Waals surface area contributed by atoms with Crippen LogP contribution in [0.4, 0.5) is 0 Å². The fourth-order valence-corrected chi connectivity index (χ4v) is 2.95. The van der Waals surface area contributed by atoms with E-state index in [0.717, 1.165) is 24.1 Å².